The highest BCUT2D eigenvalue weighted by Crippen LogP contribution is 2.44. The van der Waals surface area contributed by atoms with E-state index in [1.165, 1.54) is 32.7 Å². The van der Waals surface area contributed by atoms with Gasteiger partial charge in [0.25, 0.3) is 0 Å². The molecule has 12 rings (SSSR count). The van der Waals surface area contributed by atoms with Crippen LogP contribution in [0.5, 0.6) is 0 Å². The van der Waals surface area contributed by atoms with Crippen molar-refractivity contribution in [3.8, 4) is 44.8 Å². The molecular formula is C57H36N2O2. The molecule has 0 aliphatic heterocycles. The van der Waals surface area contributed by atoms with E-state index >= 15 is 0 Å². The Bertz CT molecular complexity index is 3570. The van der Waals surface area contributed by atoms with Gasteiger partial charge in [-0.2, -0.15) is 0 Å². The first-order chi connectivity index (χ1) is 30.2. The highest BCUT2D eigenvalue weighted by atomic mass is 16.4. The van der Waals surface area contributed by atoms with E-state index in [9.17, 15) is 0 Å². The van der Waals surface area contributed by atoms with Crippen LogP contribution in [0, 0.1) is 0 Å². The van der Waals surface area contributed by atoms with Gasteiger partial charge in [0.1, 0.15) is 16.7 Å². The number of hydrogen-bond acceptors (Lipinski definition) is 4. The first kappa shape index (κ1) is 34.8. The minimum atomic E-state index is 0.593. The van der Waals surface area contributed by atoms with E-state index in [0.29, 0.717) is 5.89 Å². The number of fused-ring (bicyclic) bond motifs is 8. The Kier molecular flexibility index (Phi) is 8.13. The lowest BCUT2D eigenvalue weighted by Crippen LogP contribution is -2.10. The molecule has 0 aliphatic carbocycles. The van der Waals surface area contributed by atoms with Gasteiger partial charge in [-0.1, -0.05) is 140 Å². The summed E-state index contributed by atoms with van der Waals surface area (Å²) in [6.07, 6.45) is 0. The molecule has 0 atom stereocenters. The molecule has 0 bridgehead atoms. The van der Waals surface area contributed by atoms with Gasteiger partial charge >= 0.3 is 0 Å². The predicted octanol–water partition coefficient (Wildman–Crippen LogP) is 16.2. The fraction of sp³-hybridized carbons (Fsp3) is 0. The summed E-state index contributed by atoms with van der Waals surface area (Å²) in [4.78, 5) is 7.35. The standard InChI is InChI=1S/C57H36N2O2/c1-4-14-37(15-5-1)50-36-44(29-30-46(50)41-26-31-52-51(35-41)55-53(60-52)32-33-54-56(55)58-57(61-54)39-16-6-2-7-17-39)59(42-19-8-3-9-20-42)43-27-24-38(25-28-43)49-34-40-18-10-11-21-45(40)47-22-12-13-23-48(47)49/h1-36H. The van der Waals surface area contributed by atoms with E-state index in [0.717, 1.165) is 77.9 Å². The first-order valence-corrected chi connectivity index (χ1v) is 20.6. The maximum Gasteiger partial charge on any atom is 0.227 e. The number of para-hydroxylation sites is 1. The van der Waals surface area contributed by atoms with Crippen LogP contribution in [-0.4, -0.2) is 4.98 Å². The fourth-order valence-electron chi connectivity index (χ4n) is 9.01. The highest BCUT2D eigenvalue weighted by Gasteiger charge is 2.20. The number of nitrogens with zero attached hydrogens (tertiary/aromatic N) is 2. The Labute approximate surface area is 352 Å². The van der Waals surface area contributed by atoms with Crippen molar-refractivity contribution in [3.05, 3.63) is 218 Å². The van der Waals surface area contributed by atoms with Gasteiger partial charge in [0.05, 0.1) is 5.39 Å². The third-order valence-corrected chi connectivity index (χ3v) is 11.9. The van der Waals surface area contributed by atoms with E-state index < -0.39 is 0 Å². The van der Waals surface area contributed by atoms with Crippen molar-refractivity contribution >= 4 is 71.6 Å². The first-order valence-electron chi connectivity index (χ1n) is 20.6. The molecule has 0 radical (unpaired) electrons. The predicted molar refractivity (Wildman–Crippen MR) is 253 cm³/mol. The maximum atomic E-state index is 6.42. The third-order valence-electron chi connectivity index (χ3n) is 11.9. The molecule has 286 valence electrons. The van der Waals surface area contributed by atoms with Crippen molar-refractivity contribution in [3.63, 3.8) is 0 Å². The number of oxazole rings is 1. The quantitative estimate of drug-likeness (QED) is 0.151. The van der Waals surface area contributed by atoms with Crippen LogP contribution in [0.1, 0.15) is 0 Å². The van der Waals surface area contributed by atoms with Gasteiger partial charge in [-0.15, -0.1) is 0 Å². The van der Waals surface area contributed by atoms with Gasteiger partial charge in [0.15, 0.2) is 5.58 Å². The van der Waals surface area contributed by atoms with E-state index in [2.05, 4.69) is 181 Å². The lowest BCUT2D eigenvalue weighted by Gasteiger charge is -2.27. The molecule has 4 heteroatoms. The average Bonchev–Trinajstić information content (AvgIpc) is 3.94. The minimum absolute atomic E-state index is 0.593. The Balaban J connectivity index is 0.993. The molecule has 0 spiro atoms. The highest BCUT2D eigenvalue weighted by molar-refractivity contribution is 6.18. The molecule has 0 unspecified atom stereocenters. The largest absolute Gasteiger partial charge is 0.456 e. The zero-order valence-electron chi connectivity index (χ0n) is 33.0. The minimum Gasteiger partial charge on any atom is -0.456 e. The Morgan fingerprint density at radius 1 is 0.328 bits per heavy atom. The van der Waals surface area contributed by atoms with Crippen molar-refractivity contribution in [2.75, 3.05) is 4.90 Å². The van der Waals surface area contributed by atoms with E-state index in [4.69, 9.17) is 13.8 Å². The van der Waals surface area contributed by atoms with E-state index in [-0.39, 0.29) is 0 Å². The van der Waals surface area contributed by atoms with Crippen molar-refractivity contribution in [1.29, 1.82) is 0 Å². The summed E-state index contributed by atoms with van der Waals surface area (Å²) in [7, 11) is 0. The number of anilines is 3. The molecule has 0 aliphatic rings. The second kappa shape index (κ2) is 14.3. The second-order valence-corrected chi connectivity index (χ2v) is 15.5. The Hall–Kier alpha value is -8.21. The average molecular weight is 781 g/mol. The van der Waals surface area contributed by atoms with Gasteiger partial charge < -0.3 is 13.7 Å². The third kappa shape index (κ3) is 5.96. The molecule has 61 heavy (non-hydrogen) atoms. The molecule has 0 amide bonds. The van der Waals surface area contributed by atoms with Crippen molar-refractivity contribution in [2.24, 2.45) is 0 Å². The van der Waals surface area contributed by atoms with Crippen LogP contribution in [-0.2, 0) is 0 Å². The second-order valence-electron chi connectivity index (χ2n) is 15.5. The van der Waals surface area contributed by atoms with Gasteiger partial charge in [-0.3, -0.25) is 0 Å². The van der Waals surface area contributed by atoms with Crippen molar-refractivity contribution in [2.45, 2.75) is 0 Å². The number of aromatic nitrogens is 1. The molecule has 0 fully saturated rings. The topological polar surface area (TPSA) is 42.4 Å². The summed E-state index contributed by atoms with van der Waals surface area (Å²) in [5.74, 6) is 0.593. The summed E-state index contributed by atoms with van der Waals surface area (Å²) < 4.78 is 12.7. The van der Waals surface area contributed by atoms with Gasteiger partial charge in [0, 0.05) is 28.0 Å². The molecule has 2 aromatic heterocycles. The summed E-state index contributed by atoms with van der Waals surface area (Å²) in [6, 6.07) is 77.2. The van der Waals surface area contributed by atoms with Crippen LogP contribution in [0.3, 0.4) is 0 Å². The SMILES string of the molecule is c1ccc(-c2nc3c(ccc4oc5ccc(-c6ccc(N(c7ccccc7)c7ccc(-c8cc9ccccc9c9ccccc89)cc7)cc6-c6ccccc6)cc5c43)o2)cc1. The smallest absolute Gasteiger partial charge is 0.227 e. The lowest BCUT2D eigenvalue weighted by molar-refractivity contribution is 0.619. The van der Waals surface area contributed by atoms with Gasteiger partial charge in [-0.25, -0.2) is 4.98 Å². The normalized spacial score (nSPS) is 11.6. The number of benzene rings is 10. The molecule has 0 saturated heterocycles. The van der Waals surface area contributed by atoms with Crippen LogP contribution in [0.15, 0.2) is 227 Å². The molecule has 12 aromatic rings. The summed E-state index contributed by atoms with van der Waals surface area (Å²) >= 11 is 0. The van der Waals surface area contributed by atoms with E-state index in [1.807, 2.05) is 42.5 Å². The summed E-state index contributed by atoms with van der Waals surface area (Å²) in [5, 5.41) is 6.98. The van der Waals surface area contributed by atoms with Crippen molar-refractivity contribution in [1.82, 2.24) is 4.98 Å². The van der Waals surface area contributed by atoms with Crippen molar-refractivity contribution < 1.29 is 8.83 Å². The number of rotatable bonds is 7. The lowest BCUT2D eigenvalue weighted by atomic mass is 9.92. The summed E-state index contributed by atoms with van der Waals surface area (Å²) in [6.45, 7) is 0. The maximum absolute atomic E-state index is 6.42. The zero-order valence-corrected chi connectivity index (χ0v) is 33.0. The zero-order chi connectivity index (χ0) is 40.3. The molecular weight excluding hydrogens is 745 g/mol. The van der Waals surface area contributed by atoms with Crippen LogP contribution in [0.4, 0.5) is 17.1 Å². The van der Waals surface area contributed by atoms with Crippen LogP contribution in [0.25, 0.3) is 99.4 Å². The van der Waals surface area contributed by atoms with Crippen LogP contribution < -0.4 is 4.90 Å². The number of hydrogen-bond donors (Lipinski definition) is 0. The molecule has 2 heterocycles. The monoisotopic (exact) mass is 780 g/mol. The molecule has 0 N–H and O–H groups in total. The van der Waals surface area contributed by atoms with Gasteiger partial charge in [0.2, 0.25) is 5.89 Å². The Morgan fingerprint density at radius 2 is 0.918 bits per heavy atom. The van der Waals surface area contributed by atoms with E-state index in [1.54, 1.807) is 0 Å². The number of furan rings is 1. The van der Waals surface area contributed by atoms with Gasteiger partial charge in [-0.05, 0) is 134 Å². The molecule has 10 aromatic carbocycles. The van der Waals surface area contributed by atoms with Crippen LogP contribution in [0.2, 0.25) is 0 Å². The summed E-state index contributed by atoms with van der Waals surface area (Å²) in [5.41, 5.74) is 14.1. The fourth-order valence-corrected chi connectivity index (χ4v) is 9.01. The van der Waals surface area contributed by atoms with Crippen LogP contribution >= 0.6 is 0 Å². The molecule has 0 saturated carbocycles. The molecule has 4 nitrogen and oxygen atoms in total. The Morgan fingerprint density at radius 3 is 1.70 bits per heavy atom.